The van der Waals surface area contributed by atoms with Gasteiger partial charge in [0.1, 0.15) is 6.10 Å². The van der Waals surface area contributed by atoms with Gasteiger partial charge in [-0.25, -0.2) is 4.79 Å². The van der Waals surface area contributed by atoms with Crippen molar-refractivity contribution in [2.45, 2.75) is 18.6 Å². The summed E-state index contributed by atoms with van der Waals surface area (Å²) in [7, 11) is 1.50. The summed E-state index contributed by atoms with van der Waals surface area (Å²) in [5.41, 5.74) is 0. The van der Waals surface area contributed by atoms with E-state index < -0.39 is 11.9 Å². The fraction of sp³-hybridized carbons (Fsp3) is 0.750. The summed E-state index contributed by atoms with van der Waals surface area (Å²) in [5, 5.41) is 10.8. The van der Waals surface area contributed by atoms with E-state index in [2.05, 4.69) is 5.32 Å². The van der Waals surface area contributed by atoms with Crippen molar-refractivity contribution in [3.8, 4) is 0 Å². The van der Waals surface area contributed by atoms with E-state index in [4.69, 9.17) is 14.6 Å². The molecule has 6 nitrogen and oxygen atoms in total. The summed E-state index contributed by atoms with van der Waals surface area (Å²) in [4.78, 5) is 21.1. The zero-order chi connectivity index (χ0) is 10.6. The average Bonchev–Trinajstić information content (AvgIpc) is 2.18. The maximum Gasteiger partial charge on any atom is 0.394 e. The van der Waals surface area contributed by atoms with Gasteiger partial charge in [0, 0.05) is 13.7 Å². The van der Waals surface area contributed by atoms with E-state index in [9.17, 15) is 9.59 Å². The van der Waals surface area contributed by atoms with Gasteiger partial charge in [-0.3, -0.25) is 4.79 Å². The number of carboxylic acid groups (broad SMARTS) is 1. The number of carboxylic acids is 1. The normalized spacial score (nSPS) is 26.9. The van der Waals surface area contributed by atoms with Gasteiger partial charge in [-0.05, 0) is 6.42 Å². The Hall–Kier alpha value is -1.14. The number of amides is 1. The van der Waals surface area contributed by atoms with E-state index >= 15 is 0 Å². The van der Waals surface area contributed by atoms with E-state index in [0.29, 0.717) is 19.6 Å². The van der Waals surface area contributed by atoms with Crippen LogP contribution in [0.15, 0.2) is 0 Å². The van der Waals surface area contributed by atoms with Crippen molar-refractivity contribution in [1.29, 1.82) is 0 Å². The first-order valence-corrected chi connectivity index (χ1v) is 4.29. The standard InChI is InChI=1S/C8H13NO5/c1-13-6-4-14-3-2-5(6)9-7(10)8(11)12/h5-6H,2-4H2,1H3,(H,9,10)(H,11,12). The van der Waals surface area contributed by atoms with Crippen molar-refractivity contribution in [2.75, 3.05) is 20.3 Å². The molecular weight excluding hydrogens is 190 g/mol. The van der Waals surface area contributed by atoms with Gasteiger partial charge in [-0.1, -0.05) is 0 Å². The second-order valence-corrected chi connectivity index (χ2v) is 3.02. The lowest BCUT2D eigenvalue weighted by Gasteiger charge is -2.30. The molecule has 80 valence electrons. The molecule has 2 unspecified atom stereocenters. The van der Waals surface area contributed by atoms with Crippen LogP contribution in [0.25, 0.3) is 0 Å². The van der Waals surface area contributed by atoms with Gasteiger partial charge in [0.05, 0.1) is 12.6 Å². The van der Waals surface area contributed by atoms with E-state index in [-0.39, 0.29) is 12.1 Å². The Morgan fingerprint density at radius 1 is 1.57 bits per heavy atom. The molecule has 1 heterocycles. The smallest absolute Gasteiger partial charge is 0.394 e. The predicted molar refractivity (Wildman–Crippen MR) is 45.8 cm³/mol. The number of methoxy groups -OCH3 is 1. The van der Waals surface area contributed by atoms with Gasteiger partial charge in [0.2, 0.25) is 0 Å². The average molecular weight is 203 g/mol. The van der Waals surface area contributed by atoms with Gasteiger partial charge >= 0.3 is 11.9 Å². The van der Waals surface area contributed by atoms with E-state index in [1.165, 1.54) is 7.11 Å². The predicted octanol–water partition coefficient (Wildman–Crippen LogP) is -1.01. The first kappa shape index (κ1) is 10.9. The second kappa shape index (κ2) is 4.92. The van der Waals surface area contributed by atoms with E-state index in [1.54, 1.807) is 0 Å². The largest absolute Gasteiger partial charge is 0.474 e. The lowest BCUT2D eigenvalue weighted by molar-refractivity contribution is -0.151. The van der Waals surface area contributed by atoms with Crippen molar-refractivity contribution >= 4 is 11.9 Å². The number of ether oxygens (including phenoxy) is 2. The van der Waals surface area contributed by atoms with Crippen LogP contribution in [-0.4, -0.2) is 49.5 Å². The minimum absolute atomic E-state index is 0.271. The molecule has 2 N–H and O–H groups in total. The molecule has 0 radical (unpaired) electrons. The SMILES string of the molecule is COC1COCCC1NC(=O)C(=O)O. The Morgan fingerprint density at radius 3 is 2.86 bits per heavy atom. The first-order chi connectivity index (χ1) is 6.65. The maximum absolute atomic E-state index is 10.9. The van der Waals surface area contributed by atoms with Crippen LogP contribution in [0.5, 0.6) is 0 Å². The first-order valence-electron chi connectivity index (χ1n) is 4.29. The molecule has 0 saturated carbocycles. The van der Waals surface area contributed by atoms with Crippen molar-refractivity contribution in [3.05, 3.63) is 0 Å². The number of carbonyl (C=O) groups excluding carboxylic acids is 1. The highest BCUT2D eigenvalue weighted by atomic mass is 16.5. The summed E-state index contributed by atoms with van der Waals surface area (Å²) in [6, 6.07) is -0.280. The summed E-state index contributed by atoms with van der Waals surface area (Å²) in [6.07, 6.45) is 0.296. The van der Waals surface area contributed by atoms with Gasteiger partial charge in [-0.15, -0.1) is 0 Å². The van der Waals surface area contributed by atoms with Crippen molar-refractivity contribution in [2.24, 2.45) is 0 Å². The molecule has 0 aromatic heterocycles. The molecule has 1 aliphatic heterocycles. The van der Waals surface area contributed by atoms with Gasteiger partial charge < -0.3 is 19.9 Å². The monoisotopic (exact) mass is 203 g/mol. The van der Waals surface area contributed by atoms with Gasteiger partial charge in [0.15, 0.2) is 0 Å². The van der Waals surface area contributed by atoms with Gasteiger partial charge in [-0.2, -0.15) is 0 Å². The van der Waals surface area contributed by atoms with Crippen LogP contribution >= 0.6 is 0 Å². The van der Waals surface area contributed by atoms with Crippen molar-refractivity contribution in [3.63, 3.8) is 0 Å². The Balaban J connectivity index is 2.48. The molecule has 0 aromatic rings. The van der Waals surface area contributed by atoms with Crippen LogP contribution in [0.2, 0.25) is 0 Å². The number of nitrogens with one attached hydrogen (secondary N) is 1. The van der Waals surface area contributed by atoms with Gasteiger partial charge in [0.25, 0.3) is 0 Å². The molecule has 0 bridgehead atoms. The minimum Gasteiger partial charge on any atom is -0.474 e. The molecule has 1 aliphatic rings. The lowest BCUT2D eigenvalue weighted by atomic mass is 10.1. The summed E-state index contributed by atoms with van der Waals surface area (Å²) in [5.74, 6) is -2.48. The zero-order valence-electron chi connectivity index (χ0n) is 7.86. The number of rotatable bonds is 2. The van der Waals surface area contributed by atoms with E-state index in [1.807, 2.05) is 0 Å². The third-order valence-corrected chi connectivity index (χ3v) is 2.12. The van der Waals surface area contributed by atoms with Crippen molar-refractivity contribution < 1.29 is 24.2 Å². The fourth-order valence-electron chi connectivity index (χ4n) is 1.34. The summed E-state index contributed by atoms with van der Waals surface area (Å²) < 4.78 is 10.2. The number of hydrogen-bond donors (Lipinski definition) is 2. The lowest BCUT2D eigenvalue weighted by Crippen LogP contribution is -2.51. The van der Waals surface area contributed by atoms with E-state index in [0.717, 1.165) is 0 Å². The highest BCUT2D eigenvalue weighted by Gasteiger charge is 2.28. The molecule has 0 spiro atoms. The Kier molecular flexibility index (Phi) is 3.84. The Labute approximate surface area is 81.2 Å². The molecule has 0 aliphatic carbocycles. The molecule has 1 rings (SSSR count). The summed E-state index contributed by atoms with van der Waals surface area (Å²) >= 11 is 0. The third kappa shape index (κ3) is 2.68. The van der Waals surface area contributed by atoms with Crippen LogP contribution < -0.4 is 5.32 Å². The Morgan fingerprint density at radius 2 is 2.29 bits per heavy atom. The van der Waals surface area contributed by atoms with Crippen molar-refractivity contribution in [1.82, 2.24) is 5.32 Å². The highest BCUT2D eigenvalue weighted by Crippen LogP contribution is 2.10. The second-order valence-electron chi connectivity index (χ2n) is 3.02. The molecule has 14 heavy (non-hydrogen) atoms. The van der Waals surface area contributed by atoms with Crippen LogP contribution in [0.3, 0.4) is 0 Å². The molecule has 1 fully saturated rings. The minimum atomic E-state index is -1.48. The Bertz CT molecular complexity index is 230. The molecule has 2 atom stereocenters. The van der Waals surface area contributed by atoms with Crippen LogP contribution in [0.1, 0.15) is 6.42 Å². The molecular formula is C8H13NO5. The topological polar surface area (TPSA) is 84.9 Å². The zero-order valence-corrected chi connectivity index (χ0v) is 7.86. The fourth-order valence-corrected chi connectivity index (χ4v) is 1.34. The van der Waals surface area contributed by atoms with Crippen LogP contribution in [0, 0.1) is 0 Å². The van der Waals surface area contributed by atoms with Crippen LogP contribution in [-0.2, 0) is 19.1 Å². The quantitative estimate of drug-likeness (QED) is 0.562. The highest BCUT2D eigenvalue weighted by molar-refractivity contribution is 6.31. The molecule has 1 saturated heterocycles. The molecule has 0 aromatic carbocycles. The number of carbonyl (C=O) groups is 2. The molecule has 1 amide bonds. The molecule has 6 heteroatoms. The van der Waals surface area contributed by atoms with Crippen LogP contribution in [0.4, 0.5) is 0 Å². The maximum atomic E-state index is 10.9. The number of hydrogen-bond acceptors (Lipinski definition) is 4. The third-order valence-electron chi connectivity index (χ3n) is 2.12. The number of aliphatic carboxylic acids is 1. The summed E-state index contributed by atoms with van der Waals surface area (Å²) in [6.45, 7) is 0.880.